The van der Waals surface area contributed by atoms with E-state index in [-0.39, 0.29) is 11.8 Å². The Bertz CT molecular complexity index is 1200. The Labute approximate surface area is 196 Å². The SMILES string of the molecule is COC[C@H](C)n1c(C)cc(C(=O)CSc2nnc(-c3cccs3)n2-c2ccccc2)c1C. The molecule has 4 rings (SSSR count). The molecule has 0 radical (unpaired) electrons. The van der Waals surface area contributed by atoms with Gasteiger partial charge in [-0.3, -0.25) is 9.36 Å². The molecule has 1 atom stereocenters. The highest BCUT2D eigenvalue weighted by Crippen LogP contribution is 2.31. The van der Waals surface area contributed by atoms with Gasteiger partial charge in [0.15, 0.2) is 16.8 Å². The lowest BCUT2D eigenvalue weighted by Gasteiger charge is -2.17. The van der Waals surface area contributed by atoms with Crippen molar-refractivity contribution in [1.82, 2.24) is 19.3 Å². The van der Waals surface area contributed by atoms with Crippen LogP contribution < -0.4 is 0 Å². The summed E-state index contributed by atoms with van der Waals surface area (Å²) in [7, 11) is 1.70. The number of ether oxygens (including phenoxy) is 1. The van der Waals surface area contributed by atoms with E-state index in [0.29, 0.717) is 17.5 Å². The second-order valence-corrected chi connectivity index (χ2v) is 9.52. The van der Waals surface area contributed by atoms with E-state index in [4.69, 9.17) is 4.74 Å². The van der Waals surface area contributed by atoms with E-state index >= 15 is 0 Å². The fourth-order valence-corrected chi connectivity index (χ4v) is 5.53. The topological polar surface area (TPSA) is 61.9 Å². The number of aromatic nitrogens is 4. The molecule has 0 saturated heterocycles. The minimum Gasteiger partial charge on any atom is -0.383 e. The minimum absolute atomic E-state index is 0.0826. The summed E-state index contributed by atoms with van der Waals surface area (Å²) in [6.45, 7) is 6.73. The molecule has 0 aliphatic rings. The first-order chi connectivity index (χ1) is 15.5. The second kappa shape index (κ2) is 9.85. The fourth-order valence-electron chi connectivity index (χ4n) is 4.00. The summed E-state index contributed by atoms with van der Waals surface area (Å²) >= 11 is 3.04. The van der Waals surface area contributed by atoms with Crippen molar-refractivity contribution in [1.29, 1.82) is 0 Å². The molecule has 0 aliphatic carbocycles. The summed E-state index contributed by atoms with van der Waals surface area (Å²) in [6.07, 6.45) is 0. The Morgan fingerprint density at radius 1 is 1.16 bits per heavy atom. The summed E-state index contributed by atoms with van der Waals surface area (Å²) in [4.78, 5) is 14.2. The van der Waals surface area contributed by atoms with Crippen molar-refractivity contribution in [2.75, 3.05) is 19.5 Å². The summed E-state index contributed by atoms with van der Waals surface area (Å²) < 4.78 is 9.50. The summed E-state index contributed by atoms with van der Waals surface area (Å²) in [5.41, 5.74) is 3.76. The Morgan fingerprint density at radius 2 is 1.94 bits per heavy atom. The number of carbonyl (C=O) groups is 1. The minimum atomic E-state index is 0.0826. The van der Waals surface area contributed by atoms with Gasteiger partial charge in [-0.05, 0) is 50.4 Å². The van der Waals surface area contributed by atoms with Gasteiger partial charge < -0.3 is 9.30 Å². The third kappa shape index (κ3) is 4.44. The number of thioether (sulfide) groups is 1. The van der Waals surface area contributed by atoms with Gasteiger partial charge in [-0.1, -0.05) is 36.0 Å². The van der Waals surface area contributed by atoms with Crippen molar-refractivity contribution in [3.05, 3.63) is 70.9 Å². The van der Waals surface area contributed by atoms with Gasteiger partial charge >= 0.3 is 0 Å². The summed E-state index contributed by atoms with van der Waals surface area (Å²) in [5, 5.41) is 11.6. The molecule has 0 saturated carbocycles. The normalized spacial score (nSPS) is 12.2. The van der Waals surface area contributed by atoms with Crippen LogP contribution in [-0.4, -0.2) is 44.6 Å². The van der Waals surface area contributed by atoms with Gasteiger partial charge in [-0.25, -0.2) is 0 Å². The summed E-state index contributed by atoms with van der Waals surface area (Å²) in [6, 6.07) is 16.2. The lowest BCUT2D eigenvalue weighted by molar-refractivity contribution is 0.102. The lowest BCUT2D eigenvalue weighted by atomic mass is 10.2. The van der Waals surface area contributed by atoms with Crippen molar-refractivity contribution in [2.24, 2.45) is 0 Å². The van der Waals surface area contributed by atoms with Crippen molar-refractivity contribution in [3.63, 3.8) is 0 Å². The standard InChI is InChI=1S/C24H26N4O2S2/c1-16-13-20(18(3)27(16)17(2)14-30-4)21(29)15-32-24-26-25-23(22-11-8-12-31-22)28(24)19-9-6-5-7-10-19/h5-13,17H,14-15H2,1-4H3/t17-/m0/s1. The molecule has 0 fully saturated rings. The molecule has 166 valence electrons. The Balaban J connectivity index is 1.60. The third-order valence-corrected chi connectivity index (χ3v) is 7.15. The zero-order valence-corrected chi connectivity index (χ0v) is 20.2. The van der Waals surface area contributed by atoms with Crippen LogP contribution in [0.4, 0.5) is 0 Å². The van der Waals surface area contributed by atoms with E-state index in [2.05, 4.69) is 21.7 Å². The van der Waals surface area contributed by atoms with E-state index in [1.165, 1.54) is 11.8 Å². The van der Waals surface area contributed by atoms with Crippen LogP contribution in [0.3, 0.4) is 0 Å². The van der Waals surface area contributed by atoms with E-state index < -0.39 is 0 Å². The van der Waals surface area contributed by atoms with Gasteiger partial charge in [0, 0.05) is 29.7 Å². The molecule has 1 aromatic carbocycles. The highest BCUT2D eigenvalue weighted by molar-refractivity contribution is 7.99. The average molecular weight is 467 g/mol. The number of para-hydroxylation sites is 1. The molecular weight excluding hydrogens is 440 g/mol. The number of hydrogen-bond acceptors (Lipinski definition) is 6. The Hall–Kier alpha value is -2.68. The molecule has 3 aromatic heterocycles. The van der Waals surface area contributed by atoms with Crippen molar-refractivity contribution in [2.45, 2.75) is 32.0 Å². The molecular formula is C24H26N4O2S2. The zero-order valence-electron chi connectivity index (χ0n) is 18.6. The molecule has 0 amide bonds. The smallest absolute Gasteiger partial charge is 0.196 e. The Morgan fingerprint density at radius 3 is 2.62 bits per heavy atom. The van der Waals surface area contributed by atoms with Gasteiger partial charge in [0.1, 0.15) is 0 Å². The van der Waals surface area contributed by atoms with Gasteiger partial charge in [-0.15, -0.1) is 21.5 Å². The first-order valence-corrected chi connectivity index (χ1v) is 12.3. The predicted molar refractivity (Wildman–Crippen MR) is 130 cm³/mol. The number of Topliss-reactive ketones (excluding diaryl/α,β-unsaturated/α-hetero) is 1. The number of thiophene rings is 1. The van der Waals surface area contributed by atoms with Crippen molar-refractivity contribution < 1.29 is 9.53 Å². The first-order valence-electron chi connectivity index (χ1n) is 10.4. The van der Waals surface area contributed by atoms with E-state index in [9.17, 15) is 4.79 Å². The maximum absolute atomic E-state index is 13.1. The first kappa shape index (κ1) is 22.5. The number of rotatable bonds is 9. The molecule has 8 heteroatoms. The molecule has 32 heavy (non-hydrogen) atoms. The van der Waals surface area contributed by atoms with Crippen LogP contribution >= 0.6 is 23.1 Å². The lowest BCUT2D eigenvalue weighted by Crippen LogP contribution is -2.14. The molecule has 3 heterocycles. The number of benzene rings is 1. The van der Waals surface area contributed by atoms with Crippen molar-refractivity contribution in [3.8, 4) is 16.4 Å². The van der Waals surface area contributed by atoms with Gasteiger partial charge in [0.2, 0.25) is 0 Å². The predicted octanol–water partition coefficient (Wildman–Crippen LogP) is 5.60. The van der Waals surface area contributed by atoms with Gasteiger partial charge in [0.05, 0.1) is 23.3 Å². The quantitative estimate of drug-likeness (QED) is 0.237. The van der Waals surface area contributed by atoms with Crippen LogP contribution in [0.15, 0.2) is 59.1 Å². The fraction of sp³-hybridized carbons (Fsp3) is 0.292. The van der Waals surface area contributed by atoms with Crippen LogP contribution in [0.1, 0.15) is 34.7 Å². The molecule has 0 aliphatic heterocycles. The second-order valence-electron chi connectivity index (χ2n) is 7.63. The highest BCUT2D eigenvalue weighted by Gasteiger charge is 2.21. The van der Waals surface area contributed by atoms with Gasteiger partial charge in [-0.2, -0.15) is 0 Å². The Kier molecular flexibility index (Phi) is 6.93. The van der Waals surface area contributed by atoms with E-state index in [1.807, 2.05) is 72.3 Å². The molecule has 0 N–H and O–H groups in total. The largest absolute Gasteiger partial charge is 0.383 e. The van der Waals surface area contributed by atoms with E-state index in [1.54, 1.807) is 18.4 Å². The van der Waals surface area contributed by atoms with Crippen LogP contribution in [0.25, 0.3) is 16.4 Å². The summed E-state index contributed by atoms with van der Waals surface area (Å²) in [5.74, 6) is 1.16. The van der Waals surface area contributed by atoms with Crippen LogP contribution in [0, 0.1) is 13.8 Å². The zero-order chi connectivity index (χ0) is 22.7. The number of ketones is 1. The molecule has 0 bridgehead atoms. The number of nitrogens with zero attached hydrogens (tertiary/aromatic N) is 4. The monoisotopic (exact) mass is 466 g/mol. The maximum Gasteiger partial charge on any atom is 0.196 e. The number of hydrogen-bond donors (Lipinski definition) is 0. The molecule has 0 unspecified atom stereocenters. The maximum atomic E-state index is 13.1. The number of methoxy groups -OCH3 is 1. The number of aryl methyl sites for hydroxylation is 1. The van der Waals surface area contributed by atoms with Crippen molar-refractivity contribution >= 4 is 28.9 Å². The molecule has 0 spiro atoms. The third-order valence-electron chi connectivity index (χ3n) is 5.36. The average Bonchev–Trinajstić information content (AvgIpc) is 3.51. The van der Waals surface area contributed by atoms with Crippen LogP contribution in [-0.2, 0) is 4.74 Å². The van der Waals surface area contributed by atoms with Gasteiger partial charge in [0.25, 0.3) is 0 Å². The van der Waals surface area contributed by atoms with Crippen LogP contribution in [0.5, 0.6) is 0 Å². The molecule has 6 nitrogen and oxygen atoms in total. The van der Waals surface area contributed by atoms with E-state index in [0.717, 1.165) is 33.3 Å². The van der Waals surface area contributed by atoms with Crippen LogP contribution in [0.2, 0.25) is 0 Å². The highest BCUT2D eigenvalue weighted by atomic mass is 32.2. The number of carbonyl (C=O) groups excluding carboxylic acids is 1. The molecule has 4 aromatic rings.